The van der Waals surface area contributed by atoms with Crippen molar-refractivity contribution in [3.8, 4) is 0 Å². The summed E-state index contributed by atoms with van der Waals surface area (Å²) in [6.45, 7) is 9.86. The number of aryl methyl sites for hydroxylation is 1. The first-order chi connectivity index (χ1) is 16.0. The smallest absolute Gasteiger partial charge is 0.229 e. The van der Waals surface area contributed by atoms with Gasteiger partial charge in [0, 0.05) is 45.3 Å². The van der Waals surface area contributed by atoms with Crippen LogP contribution in [0, 0.1) is 6.92 Å². The van der Waals surface area contributed by atoms with Gasteiger partial charge in [-0.3, -0.25) is 9.48 Å². The third-order valence-corrected chi connectivity index (χ3v) is 6.88. The summed E-state index contributed by atoms with van der Waals surface area (Å²) >= 11 is 6.31. The highest BCUT2D eigenvalue weighted by atomic mass is 35.5. The van der Waals surface area contributed by atoms with Crippen molar-refractivity contribution in [2.75, 3.05) is 49.9 Å². The van der Waals surface area contributed by atoms with E-state index in [2.05, 4.69) is 43.3 Å². The molecule has 0 saturated carbocycles. The molecule has 33 heavy (non-hydrogen) atoms. The maximum atomic E-state index is 11.9. The largest absolute Gasteiger partial charge is 0.369 e. The fourth-order valence-electron chi connectivity index (χ4n) is 4.54. The van der Waals surface area contributed by atoms with Gasteiger partial charge >= 0.3 is 0 Å². The number of carbonyl (C=O) groups excluding carboxylic acids is 1. The van der Waals surface area contributed by atoms with E-state index in [1.165, 1.54) is 0 Å². The molecule has 4 rings (SSSR count). The molecule has 0 unspecified atom stereocenters. The van der Waals surface area contributed by atoms with Crippen molar-refractivity contribution >= 4 is 35.0 Å². The summed E-state index contributed by atoms with van der Waals surface area (Å²) in [4.78, 5) is 25.3. The number of amides is 1. The summed E-state index contributed by atoms with van der Waals surface area (Å²) in [6.07, 6.45) is 9.52. The van der Waals surface area contributed by atoms with E-state index in [-0.39, 0.29) is 5.91 Å². The molecule has 1 amide bonds. The molecule has 2 aromatic rings. The Kier molecular flexibility index (Phi) is 8.03. The van der Waals surface area contributed by atoms with Gasteiger partial charge in [-0.05, 0) is 45.6 Å². The van der Waals surface area contributed by atoms with Crippen LogP contribution in [-0.2, 0) is 4.79 Å². The number of piperidine rings is 2. The van der Waals surface area contributed by atoms with Gasteiger partial charge in [0.05, 0.1) is 23.6 Å². The zero-order valence-electron chi connectivity index (χ0n) is 19.7. The van der Waals surface area contributed by atoms with Gasteiger partial charge in [-0.2, -0.15) is 10.1 Å². The van der Waals surface area contributed by atoms with Crippen LogP contribution in [-0.4, -0.2) is 74.7 Å². The number of carbonyl (C=O) groups is 1. The van der Waals surface area contributed by atoms with E-state index < -0.39 is 0 Å². The molecular formula is C23H35ClN8O. The van der Waals surface area contributed by atoms with Crippen LogP contribution >= 0.6 is 11.6 Å². The van der Waals surface area contributed by atoms with Crippen molar-refractivity contribution in [3.05, 3.63) is 23.1 Å². The standard InChI is InChI=1S/C23H35ClN8O/c1-3-30-13-8-18(9-14-30)32-16-20(17(2)29-32)27-23-26-15-19(24)22(28-23)25-10-6-12-31-11-5-4-7-21(31)33/h15-16,18H,3-14H2,1-2H3,(H2,25,26,27,28). The monoisotopic (exact) mass is 474 g/mol. The normalized spacial score (nSPS) is 18.0. The number of hydrogen-bond acceptors (Lipinski definition) is 7. The van der Waals surface area contributed by atoms with Gasteiger partial charge in [-0.25, -0.2) is 4.98 Å². The summed E-state index contributed by atoms with van der Waals surface area (Å²) in [5, 5.41) is 11.8. The van der Waals surface area contributed by atoms with Crippen LogP contribution < -0.4 is 10.6 Å². The lowest BCUT2D eigenvalue weighted by Crippen LogP contribution is -2.36. The molecule has 0 radical (unpaired) electrons. The quantitative estimate of drug-likeness (QED) is 0.533. The Morgan fingerprint density at radius 2 is 2.03 bits per heavy atom. The zero-order chi connectivity index (χ0) is 23.2. The highest BCUT2D eigenvalue weighted by Crippen LogP contribution is 2.27. The molecule has 0 atom stereocenters. The van der Waals surface area contributed by atoms with Crippen molar-refractivity contribution in [2.24, 2.45) is 0 Å². The SMILES string of the molecule is CCN1CCC(n2cc(Nc3ncc(Cl)c(NCCCN4CCCCC4=O)n3)c(C)n2)CC1. The topological polar surface area (TPSA) is 91.2 Å². The number of hydrogen-bond donors (Lipinski definition) is 2. The van der Waals surface area contributed by atoms with E-state index in [1.54, 1.807) is 6.20 Å². The third-order valence-electron chi connectivity index (χ3n) is 6.60. The van der Waals surface area contributed by atoms with E-state index in [0.717, 1.165) is 76.2 Å². The molecule has 10 heteroatoms. The second-order valence-electron chi connectivity index (χ2n) is 8.91. The number of rotatable bonds is 9. The minimum Gasteiger partial charge on any atom is -0.369 e. The Balaban J connectivity index is 1.32. The minimum absolute atomic E-state index is 0.264. The number of nitrogens with zero attached hydrogens (tertiary/aromatic N) is 6. The maximum Gasteiger partial charge on any atom is 0.229 e. The van der Waals surface area contributed by atoms with Crippen molar-refractivity contribution in [1.29, 1.82) is 0 Å². The van der Waals surface area contributed by atoms with Gasteiger partial charge < -0.3 is 20.4 Å². The number of aromatic nitrogens is 4. The van der Waals surface area contributed by atoms with E-state index in [1.807, 2.05) is 11.8 Å². The Bertz CT molecular complexity index is 941. The van der Waals surface area contributed by atoms with E-state index in [9.17, 15) is 4.79 Å². The van der Waals surface area contributed by atoms with Crippen LogP contribution in [0.3, 0.4) is 0 Å². The fraction of sp³-hybridized carbons (Fsp3) is 0.652. The average Bonchev–Trinajstić information content (AvgIpc) is 3.19. The molecule has 2 aliphatic heterocycles. The molecule has 2 fully saturated rings. The molecule has 0 aliphatic carbocycles. The van der Waals surface area contributed by atoms with E-state index >= 15 is 0 Å². The second kappa shape index (κ2) is 11.2. The number of anilines is 3. The summed E-state index contributed by atoms with van der Waals surface area (Å²) in [7, 11) is 0. The summed E-state index contributed by atoms with van der Waals surface area (Å²) in [6, 6.07) is 0.428. The van der Waals surface area contributed by atoms with Crippen LogP contribution in [0.25, 0.3) is 0 Å². The van der Waals surface area contributed by atoms with Crippen LogP contribution in [0.15, 0.2) is 12.4 Å². The maximum absolute atomic E-state index is 11.9. The molecule has 2 aromatic heterocycles. The zero-order valence-corrected chi connectivity index (χ0v) is 20.4. The Morgan fingerprint density at radius 3 is 2.79 bits per heavy atom. The van der Waals surface area contributed by atoms with Crippen molar-refractivity contribution < 1.29 is 4.79 Å². The minimum atomic E-state index is 0.264. The average molecular weight is 475 g/mol. The molecule has 0 spiro atoms. The molecular weight excluding hydrogens is 440 g/mol. The molecule has 180 valence electrons. The molecule has 2 N–H and O–H groups in total. The van der Waals surface area contributed by atoms with Gasteiger partial charge in [-0.15, -0.1) is 0 Å². The third kappa shape index (κ3) is 6.14. The predicted octanol–water partition coefficient (Wildman–Crippen LogP) is 3.85. The van der Waals surface area contributed by atoms with Crippen molar-refractivity contribution in [2.45, 2.75) is 58.4 Å². The van der Waals surface area contributed by atoms with Gasteiger partial charge in [0.1, 0.15) is 10.8 Å². The number of nitrogens with one attached hydrogen (secondary N) is 2. The van der Waals surface area contributed by atoms with Crippen LogP contribution in [0.1, 0.15) is 57.2 Å². The first-order valence-electron chi connectivity index (χ1n) is 12.1. The molecule has 9 nitrogen and oxygen atoms in total. The summed E-state index contributed by atoms with van der Waals surface area (Å²) in [5.41, 5.74) is 1.83. The number of likely N-dealkylation sites (tertiary alicyclic amines) is 2. The lowest BCUT2D eigenvalue weighted by atomic mass is 10.1. The van der Waals surface area contributed by atoms with E-state index in [4.69, 9.17) is 16.7 Å². The lowest BCUT2D eigenvalue weighted by molar-refractivity contribution is -0.133. The Labute approximate surface area is 200 Å². The van der Waals surface area contributed by atoms with Crippen molar-refractivity contribution in [3.63, 3.8) is 0 Å². The molecule has 0 aromatic carbocycles. The molecule has 2 aliphatic rings. The van der Waals surface area contributed by atoms with Gasteiger partial charge in [0.2, 0.25) is 11.9 Å². The van der Waals surface area contributed by atoms with Gasteiger partial charge in [-0.1, -0.05) is 18.5 Å². The van der Waals surface area contributed by atoms with Gasteiger partial charge in [0.25, 0.3) is 0 Å². The highest BCUT2D eigenvalue weighted by molar-refractivity contribution is 6.32. The van der Waals surface area contributed by atoms with Gasteiger partial charge in [0.15, 0.2) is 0 Å². The lowest BCUT2D eigenvalue weighted by Gasteiger charge is -2.31. The number of halogens is 1. The summed E-state index contributed by atoms with van der Waals surface area (Å²) < 4.78 is 2.08. The summed E-state index contributed by atoms with van der Waals surface area (Å²) in [5.74, 6) is 1.34. The molecule has 2 saturated heterocycles. The fourth-order valence-corrected chi connectivity index (χ4v) is 4.70. The Morgan fingerprint density at radius 1 is 1.21 bits per heavy atom. The van der Waals surface area contributed by atoms with E-state index in [0.29, 0.717) is 35.8 Å². The Hall–Kier alpha value is -2.39. The van der Waals surface area contributed by atoms with Crippen LogP contribution in [0.4, 0.5) is 17.5 Å². The van der Waals surface area contributed by atoms with Crippen LogP contribution in [0.2, 0.25) is 5.02 Å². The first-order valence-corrected chi connectivity index (χ1v) is 12.5. The molecule has 0 bridgehead atoms. The molecule has 4 heterocycles. The predicted molar refractivity (Wildman–Crippen MR) is 131 cm³/mol. The first kappa shape index (κ1) is 23.8. The van der Waals surface area contributed by atoms with Crippen molar-refractivity contribution in [1.82, 2.24) is 29.5 Å². The van der Waals surface area contributed by atoms with Crippen LogP contribution in [0.5, 0.6) is 0 Å². The second-order valence-corrected chi connectivity index (χ2v) is 9.31. The highest BCUT2D eigenvalue weighted by Gasteiger charge is 2.21.